The summed E-state index contributed by atoms with van der Waals surface area (Å²) in [5, 5.41) is 23.4. The highest BCUT2D eigenvalue weighted by atomic mass is 16.5. The molecule has 0 rings (SSSR count). The number of carbonyl (C=O) groups is 2. The molecular formula is C66H127NO5. The van der Waals surface area contributed by atoms with Crippen molar-refractivity contribution in [1.29, 1.82) is 0 Å². The van der Waals surface area contributed by atoms with Gasteiger partial charge in [-0.1, -0.05) is 295 Å². The predicted octanol–water partition coefficient (Wildman–Crippen LogP) is 20.6. The second-order valence-corrected chi connectivity index (χ2v) is 22.4. The molecular weight excluding hydrogens is 887 g/mol. The quantitative estimate of drug-likeness (QED) is 0.0320. The van der Waals surface area contributed by atoms with Gasteiger partial charge in [-0.15, -0.1) is 0 Å². The molecule has 0 aliphatic heterocycles. The number of hydrogen-bond acceptors (Lipinski definition) is 5. The van der Waals surface area contributed by atoms with Crippen LogP contribution >= 0.6 is 0 Å². The maximum atomic E-state index is 12.5. The lowest BCUT2D eigenvalue weighted by atomic mass is 10.0. The van der Waals surface area contributed by atoms with E-state index in [1.54, 1.807) is 0 Å². The fourth-order valence-corrected chi connectivity index (χ4v) is 10.2. The number of allylic oxidation sites excluding steroid dienone is 4. The molecule has 0 bridgehead atoms. The van der Waals surface area contributed by atoms with Crippen LogP contribution < -0.4 is 5.32 Å². The van der Waals surface area contributed by atoms with Gasteiger partial charge in [-0.2, -0.15) is 0 Å². The average Bonchev–Trinajstić information content (AvgIpc) is 3.38. The lowest BCUT2D eigenvalue weighted by Crippen LogP contribution is -2.45. The summed E-state index contributed by atoms with van der Waals surface area (Å²) in [4.78, 5) is 24.6. The first-order chi connectivity index (χ1) is 35.5. The minimum atomic E-state index is -0.676. The highest BCUT2D eigenvalue weighted by Gasteiger charge is 2.20. The molecule has 6 nitrogen and oxygen atoms in total. The van der Waals surface area contributed by atoms with Crippen LogP contribution in [0.15, 0.2) is 24.3 Å². The first kappa shape index (κ1) is 70.3. The normalized spacial score (nSPS) is 12.7. The van der Waals surface area contributed by atoms with Crippen molar-refractivity contribution in [1.82, 2.24) is 5.32 Å². The number of unbranched alkanes of at least 4 members (excludes halogenated alkanes) is 46. The van der Waals surface area contributed by atoms with Crippen molar-refractivity contribution in [3.8, 4) is 0 Å². The highest BCUT2D eigenvalue weighted by molar-refractivity contribution is 5.76. The Morgan fingerprint density at radius 1 is 0.375 bits per heavy atom. The SMILES string of the molecule is CCCCCCCCC/C=C\CCCCCCCC(=O)OCCCCCC/C=C\CCCCCCCCCC(=O)NC(CO)C(O)CCCCCCCCCCCCCCCCCCCCCCCCCC. The Hall–Kier alpha value is -1.66. The average molecular weight is 1010 g/mol. The smallest absolute Gasteiger partial charge is 0.305 e. The van der Waals surface area contributed by atoms with Gasteiger partial charge in [-0.25, -0.2) is 0 Å². The lowest BCUT2D eigenvalue weighted by Gasteiger charge is -2.22. The molecule has 0 aliphatic carbocycles. The van der Waals surface area contributed by atoms with Crippen molar-refractivity contribution in [2.75, 3.05) is 13.2 Å². The zero-order valence-electron chi connectivity index (χ0n) is 48.7. The number of esters is 1. The number of rotatable bonds is 61. The maximum absolute atomic E-state index is 12.5. The van der Waals surface area contributed by atoms with Crippen molar-refractivity contribution < 1.29 is 24.5 Å². The highest BCUT2D eigenvalue weighted by Crippen LogP contribution is 2.18. The summed E-state index contributed by atoms with van der Waals surface area (Å²) in [6.07, 6.45) is 76.2. The van der Waals surface area contributed by atoms with Crippen LogP contribution in [0.3, 0.4) is 0 Å². The maximum Gasteiger partial charge on any atom is 0.305 e. The van der Waals surface area contributed by atoms with Gasteiger partial charge in [-0.3, -0.25) is 9.59 Å². The van der Waals surface area contributed by atoms with Crippen LogP contribution in [0.4, 0.5) is 0 Å². The molecule has 0 aromatic heterocycles. The van der Waals surface area contributed by atoms with E-state index in [2.05, 4.69) is 43.5 Å². The molecule has 0 heterocycles. The Bertz CT molecular complexity index is 1120. The molecule has 0 aromatic carbocycles. The van der Waals surface area contributed by atoms with Gasteiger partial charge in [-0.05, 0) is 77.0 Å². The molecule has 2 atom stereocenters. The van der Waals surface area contributed by atoms with Crippen LogP contribution in [0.1, 0.15) is 361 Å². The summed E-state index contributed by atoms with van der Waals surface area (Å²) >= 11 is 0. The fraction of sp³-hybridized carbons (Fsp3) is 0.909. The Kier molecular flexibility index (Phi) is 60.5. The molecule has 0 saturated heterocycles. The second kappa shape index (κ2) is 61.9. The van der Waals surface area contributed by atoms with E-state index in [9.17, 15) is 19.8 Å². The van der Waals surface area contributed by atoms with Crippen LogP contribution in [0.25, 0.3) is 0 Å². The Labute approximate surface area is 450 Å². The molecule has 426 valence electrons. The largest absolute Gasteiger partial charge is 0.466 e. The van der Waals surface area contributed by atoms with Gasteiger partial charge < -0.3 is 20.3 Å². The van der Waals surface area contributed by atoms with E-state index < -0.39 is 12.1 Å². The summed E-state index contributed by atoms with van der Waals surface area (Å²) in [7, 11) is 0. The summed E-state index contributed by atoms with van der Waals surface area (Å²) < 4.78 is 5.47. The number of aliphatic hydroxyl groups is 2. The van der Waals surface area contributed by atoms with E-state index >= 15 is 0 Å². The van der Waals surface area contributed by atoms with Gasteiger partial charge in [0.25, 0.3) is 0 Å². The number of amides is 1. The van der Waals surface area contributed by atoms with Crippen LogP contribution in [0, 0.1) is 0 Å². The van der Waals surface area contributed by atoms with Gasteiger partial charge in [0.15, 0.2) is 0 Å². The molecule has 72 heavy (non-hydrogen) atoms. The number of aliphatic hydroxyl groups excluding tert-OH is 2. The third-order valence-corrected chi connectivity index (χ3v) is 15.2. The van der Waals surface area contributed by atoms with Gasteiger partial charge >= 0.3 is 5.97 Å². The Balaban J connectivity index is 3.46. The molecule has 0 aromatic rings. The molecule has 0 saturated carbocycles. The summed E-state index contributed by atoms with van der Waals surface area (Å²) in [6.45, 7) is 4.94. The third kappa shape index (κ3) is 57.6. The van der Waals surface area contributed by atoms with Crippen molar-refractivity contribution >= 4 is 11.9 Å². The van der Waals surface area contributed by atoms with Crippen molar-refractivity contribution in [3.63, 3.8) is 0 Å². The third-order valence-electron chi connectivity index (χ3n) is 15.2. The second-order valence-electron chi connectivity index (χ2n) is 22.4. The van der Waals surface area contributed by atoms with E-state index in [4.69, 9.17) is 4.74 Å². The monoisotopic (exact) mass is 1010 g/mol. The van der Waals surface area contributed by atoms with Crippen LogP contribution in [-0.4, -0.2) is 47.4 Å². The molecule has 6 heteroatoms. The van der Waals surface area contributed by atoms with Crippen LogP contribution in [-0.2, 0) is 14.3 Å². The molecule has 0 aliphatic rings. The molecule has 0 fully saturated rings. The predicted molar refractivity (Wildman–Crippen MR) is 315 cm³/mol. The Morgan fingerprint density at radius 2 is 0.653 bits per heavy atom. The zero-order chi connectivity index (χ0) is 52.2. The fourth-order valence-electron chi connectivity index (χ4n) is 10.2. The van der Waals surface area contributed by atoms with Gasteiger partial charge in [0.05, 0.1) is 25.4 Å². The summed E-state index contributed by atoms with van der Waals surface area (Å²) in [6, 6.07) is -0.555. The minimum Gasteiger partial charge on any atom is -0.466 e. The van der Waals surface area contributed by atoms with Crippen molar-refractivity contribution in [2.24, 2.45) is 0 Å². The number of carbonyl (C=O) groups excluding carboxylic acids is 2. The summed E-state index contributed by atoms with van der Waals surface area (Å²) in [5.41, 5.74) is 0. The van der Waals surface area contributed by atoms with Gasteiger partial charge in [0.1, 0.15) is 0 Å². The zero-order valence-corrected chi connectivity index (χ0v) is 48.7. The minimum absolute atomic E-state index is 0.0164. The number of ether oxygens (including phenoxy) is 1. The number of hydrogen-bond donors (Lipinski definition) is 3. The number of nitrogens with one attached hydrogen (secondary N) is 1. The first-order valence-electron chi connectivity index (χ1n) is 32.6. The summed E-state index contributed by atoms with van der Waals surface area (Å²) in [5.74, 6) is -0.0630. The van der Waals surface area contributed by atoms with Gasteiger partial charge in [0.2, 0.25) is 5.91 Å². The van der Waals surface area contributed by atoms with E-state index in [0.717, 1.165) is 70.6 Å². The van der Waals surface area contributed by atoms with E-state index in [1.807, 2.05) is 0 Å². The first-order valence-corrected chi connectivity index (χ1v) is 32.6. The molecule has 0 radical (unpaired) electrons. The molecule has 3 N–H and O–H groups in total. The van der Waals surface area contributed by atoms with Crippen LogP contribution in [0.5, 0.6) is 0 Å². The van der Waals surface area contributed by atoms with Gasteiger partial charge in [0, 0.05) is 12.8 Å². The Morgan fingerprint density at radius 3 is 0.986 bits per heavy atom. The molecule has 2 unspecified atom stereocenters. The van der Waals surface area contributed by atoms with E-state index in [0.29, 0.717) is 25.9 Å². The standard InChI is InChI=1S/C66H127NO5/c1-3-5-7-9-11-13-15-17-19-21-22-23-24-25-26-27-28-30-34-38-42-46-50-54-58-64(69)63(62-68)67-65(70)59-55-51-47-43-39-35-31-29-33-37-41-45-49-53-57-61-72-66(71)60-56-52-48-44-40-36-32-20-18-16-14-12-10-8-6-4-2/h20,32-33,37,63-64,68-69H,3-19,21-31,34-36,38-62H2,1-2H3,(H,67,70)/b32-20-,37-33-. The lowest BCUT2D eigenvalue weighted by molar-refractivity contribution is -0.143. The molecule has 0 spiro atoms. The topological polar surface area (TPSA) is 95.9 Å². The molecule has 1 amide bonds. The van der Waals surface area contributed by atoms with E-state index in [1.165, 1.54) is 257 Å². The van der Waals surface area contributed by atoms with E-state index in [-0.39, 0.29) is 18.5 Å². The van der Waals surface area contributed by atoms with Crippen molar-refractivity contribution in [2.45, 2.75) is 373 Å². The van der Waals surface area contributed by atoms with Crippen LogP contribution in [0.2, 0.25) is 0 Å². The van der Waals surface area contributed by atoms with Crippen molar-refractivity contribution in [3.05, 3.63) is 24.3 Å².